The first kappa shape index (κ1) is 19.3. The molecule has 0 spiro atoms. The highest BCUT2D eigenvalue weighted by molar-refractivity contribution is 5.99. The van der Waals surface area contributed by atoms with Crippen molar-refractivity contribution >= 4 is 22.9 Å². The number of piperidine rings is 1. The summed E-state index contributed by atoms with van der Waals surface area (Å²) in [5, 5.41) is 4.16. The first-order valence-corrected chi connectivity index (χ1v) is 9.51. The second-order valence-electron chi connectivity index (χ2n) is 8.44. The Morgan fingerprint density at radius 2 is 1.81 bits per heavy atom. The number of nitrogens with one attached hydrogen (secondary N) is 2. The van der Waals surface area contributed by atoms with Gasteiger partial charge in [0.25, 0.3) is 5.91 Å². The smallest absolute Gasteiger partial charge is 0.410 e. The second-order valence-corrected chi connectivity index (χ2v) is 8.44. The minimum Gasteiger partial charge on any atom is -0.444 e. The van der Waals surface area contributed by atoms with Crippen molar-refractivity contribution in [2.24, 2.45) is 0 Å². The van der Waals surface area contributed by atoms with Crippen LogP contribution in [0.5, 0.6) is 0 Å². The van der Waals surface area contributed by atoms with Crippen molar-refractivity contribution in [2.45, 2.75) is 59.1 Å². The summed E-state index contributed by atoms with van der Waals surface area (Å²) in [7, 11) is 0. The summed E-state index contributed by atoms with van der Waals surface area (Å²) in [5.74, 6) is -0.0982. The van der Waals surface area contributed by atoms with Gasteiger partial charge in [-0.1, -0.05) is 6.07 Å². The first-order chi connectivity index (χ1) is 12.6. The standard InChI is InChI=1S/C21H29N3O3/c1-13-10-14(2)16-12-18(23-17(16)11-13)19(25)22-15-6-8-24(9-7-15)20(26)27-21(3,4)5/h10-12,15,23H,6-9H2,1-5H3,(H,22,25). The number of aryl methyl sites for hydroxylation is 2. The highest BCUT2D eigenvalue weighted by atomic mass is 16.6. The van der Waals surface area contributed by atoms with Gasteiger partial charge < -0.3 is 19.9 Å². The van der Waals surface area contributed by atoms with Crippen molar-refractivity contribution in [3.8, 4) is 0 Å². The Hall–Kier alpha value is -2.50. The van der Waals surface area contributed by atoms with Gasteiger partial charge in [-0.15, -0.1) is 0 Å². The number of fused-ring (bicyclic) bond motifs is 1. The van der Waals surface area contributed by atoms with E-state index in [1.165, 1.54) is 5.56 Å². The summed E-state index contributed by atoms with van der Waals surface area (Å²) in [6.07, 6.45) is 1.17. The van der Waals surface area contributed by atoms with E-state index in [1.807, 2.05) is 33.8 Å². The Bertz CT molecular complexity index is 855. The molecule has 1 aromatic heterocycles. The summed E-state index contributed by atoms with van der Waals surface area (Å²) in [6.45, 7) is 10.9. The average Bonchev–Trinajstić information content (AvgIpc) is 2.98. The normalized spacial score (nSPS) is 15.8. The maximum atomic E-state index is 12.6. The number of hydrogen-bond acceptors (Lipinski definition) is 3. The monoisotopic (exact) mass is 371 g/mol. The number of hydrogen-bond donors (Lipinski definition) is 2. The number of carbonyl (C=O) groups is 2. The molecule has 2 aromatic rings. The van der Waals surface area contributed by atoms with Gasteiger partial charge in [0, 0.05) is 30.0 Å². The fourth-order valence-electron chi connectivity index (χ4n) is 3.52. The van der Waals surface area contributed by atoms with Crippen LogP contribution in [0.15, 0.2) is 18.2 Å². The summed E-state index contributed by atoms with van der Waals surface area (Å²) in [4.78, 5) is 29.7. The molecule has 1 aromatic carbocycles. The van der Waals surface area contributed by atoms with Crippen LogP contribution in [0.25, 0.3) is 10.9 Å². The number of amides is 2. The Morgan fingerprint density at radius 1 is 1.15 bits per heavy atom. The average molecular weight is 371 g/mol. The number of aromatic amines is 1. The molecule has 6 nitrogen and oxygen atoms in total. The zero-order valence-electron chi connectivity index (χ0n) is 16.8. The van der Waals surface area contributed by atoms with E-state index < -0.39 is 5.60 Å². The van der Waals surface area contributed by atoms with Crippen LogP contribution in [0, 0.1) is 13.8 Å². The third-order valence-electron chi connectivity index (χ3n) is 4.82. The molecule has 1 fully saturated rings. The van der Waals surface area contributed by atoms with Gasteiger partial charge in [-0.3, -0.25) is 4.79 Å². The molecule has 3 rings (SSSR count). The first-order valence-electron chi connectivity index (χ1n) is 9.51. The quantitative estimate of drug-likeness (QED) is 0.840. The van der Waals surface area contributed by atoms with Gasteiger partial charge in [0.1, 0.15) is 11.3 Å². The fraction of sp³-hybridized carbons (Fsp3) is 0.524. The van der Waals surface area contributed by atoms with Gasteiger partial charge in [-0.2, -0.15) is 0 Å². The molecule has 0 bridgehead atoms. The number of carbonyl (C=O) groups excluding carboxylic acids is 2. The Morgan fingerprint density at radius 3 is 2.44 bits per heavy atom. The van der Waals surface area contributed by atoms with Gasteiger partial charge >= 0.3 is 6.09 Å². The van der Waals surface area contributed by atoms with Crippen molar-refractivity contribution in [1.82, 2.24) is 15.2 Å². The van der Waals surface area contributed by atoms with E-state index in [1.54, 1.807) is 4.90 Å². The predicted molar refractivity (Wildman–Crippen MR) is 106 cm³/mol. The maximum absolute atomic E-state index is 12.6. The largest absolute Gasteiger partial charge is 0.444 e. The van der Waals surface area contributed by atoms with Gasteiger partial charge in [0.05, 0.1) is 0 Å². The molecule has 2 heterocycles. The molecular formula is C21H29N3O3. The molecular weight excluding hydrogens is 342 g/mol. The molecule has 146 valence electrons. The molecule has 0 radical (unpaired) electrons. The van der Waals surface area contributed by atoms with Crippen LogP contribution >= 0.6 is 0 Å². The van der Waals surface area contributed by atoms with Gasteiger partial charge in [-0.05, 0) is 70.7 Å². The number of nitrogens with zero attached hydrogens (tertiary/aromatic N) is 1. The molecule has 1 aliphatic rings. The molecule has 0 aliphatic carbocycles. The zero-order valence-corrected chi connectivity index (χ0v) is 16.8. The van der Waals surface area contributed by atoms with E-state index in [2.05, 4.69) is 29.4 Å². The molecule has 1 aliphatic heterocycles. The second kappa shape index (κ2) is 7.25. The zero-order chi connectivity index (χ0) is 19.8. The SMILES string of the molecule is Cc1cc(C)c2cc(C(=O)NC3CCN(C(=O)OC(C)(C)C)CC3)[nH]c2c1. The Kier molecular flexibility index (Phi) is 5.18. The summed E-state index contributed by atoms with van der Waals surface area (Å²) in [5.41, 5.74) is 3.40. The van der Waals surface area contributed by atoms with Gasteiger partial charge in [0.2, 0.25) is 0 Å². The highest BCUT2D eigenvalue weighted by Crippen LogP contribution is 2.22. The molecule has 2 N–H and O–H groups in total. The van der Waals surface area contributed by atoms with Gasteiger partial charge in [0.15, 0.2) is 0 Å². The molecule has 0 atom stereocenters. The summed E-state index contributed by atoms with van der Waals surface area (Å²) < 4.78 is 5.41. The Labute approximate surface area is 160 Å². The van der Waals surface area contributed by atoms with Crippen LogP contribution in [-0.2, 0) is 4.74 Å². The van der Waals surface area contributed by atoms with E-state index in [0.717, 1.165) is 29.3 Å². The van der Waals surface area contributed by atoms with Crippen LogP contribution in [0.4, 0.5) is 4.79 Å². The molecule has 27 heavy (non-hydrogen) atoms. The molecule has 0 unspecified atom stereocenters. The van der Waals surface area contributed by atoms with E-state index in [-0.39, 0.29) is 18.0 Å². The number of rotatable bonds is 2. The van der Waals surface area contributed by atoms with E-state index in [4.69, 9.17) is 4.74 Å². The molecule has 6 heteroatoms. The van der Waals surface area contributed by atoms with Crippen LogP contribution in [-0.4, -0.2) is 46.6 Å². The van der Waals surface area contributed by atoms with Crippen LogP contribution in [0.2, 0.25) is 0 Å². The van der Waals surface area contributed by atoms with Crippen LogP contribution in [0.3, 0.4) is 0 Å². The number of aromatic nitrogens is 1. The molecule has 2 amide bonds. The van der Waals surface area contributed by atoms with Crippen molar-refractivity contribution < 1.29 is 14.3 Å². The van der Waals surface area contributed by atoms with Gasteiger partial charge in [-0.25, -0.2) is 4.79 Å². The van der Waals surface area contributed by atoms with E-state index >= 15 is 0 Å². The summed E-state index contributed by atoms with van der Waals surface area (Å²) in [6, 6.07) is 6.14. The Balaban J connectivity index is 1.58. The van der Waals surface area contributed by atoms with Crippen molar-refractivity contribution in [1.29, 1.82) is 0 Å². The lowest BCUT2D eigenvalue weighted by Crippen LogP contribution is -2.47. The van der Waals surface area contributed by atoms with Crippen molar-refractivity contribution in [2.75, 3.05) is 13.1 Å². The number of H-pyrrole nitrogens is 1. The van der Waals surface area contributed by atoms with Crippen LogP contribution < -0.4 is 5.32 Å². The van der Waals surface area contributed by atoms with Crippen molar-refractivity contribution in [3.05, 3.63) is 35.0 Å². The minimum atomic E-state index is -0.492. The molecule has 1 saturated heterocycles. The lowest BCUT2D eigenvalue weighted by Gasteiger charge is -2.33. The lowest BCUT2D eigenvalue weighted by molar-refractivity contribution is 0.0199. The number of ether oxygens (including phenoxy) is 1. The minimum absolute atomic E-state index is 0.0606. The lowest BCUT2D eigenvalue weighted by atomic mass is 10.1. The summed E-state index contributed by atoms with van der Waals surface area (Å²) >= 11 is 0. The number of benzene rings is 1. The van der Waals surface area contributed by atoms with Crippen molar-refractivity contribution in [3.63, 3.8) is 0 Å². The topological polar surface area (TPSA) is 74.4 Å². The third kappa shape index (κ3) is 4.62. The third-order valence-corrected chi connectivity index (χ3v) is 4.82. The fourth-order valence-corrected chi connectivity index (χ4v) is 3.52. The maximum Gasteiger partial charge on any atom is 0.410 e. The van der Waals surface area contributed by atoms with E-state index in [9.17, 15) is 9.59 Å². The number of likely N-dealkylation sites (tertiary alicyclic amines) is 1. The molecule has 0 saturated carbocycles. The predicted octanol–water partition coefficient (Wildman–Crippen LogP) is 3.91. The van der Waals surface area contributed by atoms with Crippen LogP contribution in [0.1, 0.15) is 55.2 Å². The van der Waals surface area contributed by atoms with E-state index in [0.29, 0.717) is 18.8 Å². The highest BCUT2D eigenvalue weighted by Gasteiger charge is 2.27.